The van der Waals surface area contributed by atoms with Crippen molar-refractivity contribution in [3.8, 4) is 0 Å². The van der Waals surface area contributed by atoms with Crippen molar-refractivity contribution in [2.45, 2.75) is 25.8 Å². The van der Waals surface area contributed by atoms with Crippen molar-refractivity contribution < 1.29 is 0 Å². The lowest BCUT2D eigenvalue weighted by atomic mass is 10.0. The summed E-state index contributed by atoms with van der Waals surface area (Å²) in [4.78, 5) is 0. The van der Waals surface area contributed by atoms with Gasteiger partial charge in [0.25, 0.3) is 0 Å². The number of hydrogen-bond donors (Lipinski definition) is 1. The summed E-state index contributed by atoms with van der Waals surface area (Å²) in [5.74, 6) is 0. The number of hydrogen-bond acceptors (Lipinski definition) is 1. The van der Waals surface area contributed by atoms with E-state index >= 15 is 0 Å². The van der Waals surface area contributed by atoms with Crippen LogP contribution >= 0.6 is 34.8 Å². The first kappa shape index (κ1) is 12.1. The van der Waals surface area contributed by atoms with Gasteiger partial charge in [0, 0.05) is 11.1 Å². The monoisotopic (exact) mass is 251 g/mol. The number of benzene rings is 1. The molecule has 0 amide bonds. The molecule has 14 heavy (non-hydrogen) atoms. The molecule has 0 aromatic heterocycles. The van der Waals surface area contributed by atoms with Crippen LogP contribution in [0.5, 0.6) is 0 Å². The standard InChI is InChI=1S/C10H12Cl3N/c1-2-3-9(14)7-4-6(11)5-8(12)10(7)13/h4-5,9H,2-3,14H2,1H3/t9-/m1/s1. The van der Waals surface area contributed by atoms with Gasteiger partial charge < -0.3 is 5.73 Å². The molecular weight excluding hydrogens is 240 g/mol. The highest BCUT2D eigenvalue weighted by atomic mass is 35.5. The minimum Gasteiger partial charge on any atom is -0.324 e. The molecule has 0 radical (unpaired) electrons. The molecule has 0 spiro atoms. The van der Waals surface area contributed by atoms with E-state index in [1.54, 1.807) is 12.1 Å². The predicted octanol–water partition coefficient (Wildman–Crippen LogP) is 4.45. The van der Waals surface area contributed by atoms with E-state index in [2.05, 4.69) is 6.92 Å². The predicted molar refractivity (Wildman–Crippen MR) is 63.3 cm³/mol. The second-order valence-electron chi connectivity index (χ2n) is 3.19. The van der Waals surface area contributed by atoms with Gasteiger partial charge in [-0.3, -0.25) is 0 Å². The van der Waals surface area contributed by atoms with E-state index < -0.39 is 0 Å². The van der Waals surface area contributed by atoms with Crippen LogP contribution in [0.2, 0.25) is 15.1 Å². The van der Waals surface area contributed by atoms with Crippen molar-refractivity contribution in [1.29, 1.82) is 0 Å². The third-order valence-electron chi connectivity index (χ3n) is 2.02. The molecule has 0 aliphatic rings. The molecule has 0 heterocycles. The van der Waals surface area contributed by atoms with Gasteiger partial charge in [-0.15, -0.1) is 0 Å². The van der Waals surface area contributed by atoms with Crippen molar-refractivity contribution in [2.75, 3.05) is 0 Å². The average molecular weight is 253 g/mol. The molecule has 0 bridgehead atoms. The van der Waals surface area contributed by atoms with Gasteiger partial charge in [-0.25, -0.2) is 0 Å². The molecule has 78 valence electrons. The highest BCUT2D eigenvalue weighted by Crippen LogP contribution is 2.33. The van der Waals surface area contributed by atoms with Gasteiger partial charge >= 0.3 is 0 Å². The highest BCUT2D eigenvalue weighted by Gasteiger charge is 2.12. The molecule has 0 saturated carbocycles. The van der Waals surface area contributed by atoms with Gasteiger partial charge in [0.15, 0.2) is 0 Å². The zero-order chi connectivity index (χ0) is 10.7. The van der Waals surface area contributed by atoms with Crippen LogP contribution in [0.3, 0.4) is 0 Å². The maximum absolute atomic E-state index is 6.03. The van der Waals surface area contributed by atoms with Crippen LogP contribution in [0.25, 0.3) is 0 Å². The Morgan fingerprint density at radius 3 is 2.50 bits per heavy atom. The van der Waals surface area contributed by atoms with Crippen molar-refractivity contribution in [3.05, 3.63) is 32.8 Å². The molecule has 4 heteroatoms. The zero-order valence-corrected chi connectivity index (χ0v) is 10.1. The number of halogens is 3. The van der Waals surface area contributed by atoms with Crippen LogP contribution in [-0.2, 0) is 0 Å². The Kier molecular flexibility index (Phi) is 4.52. The molecule has 1 rings (SSSR count). The second-order valence-corrected chi connectivity index (χ2v) is 4.41. The largest absolute Gasteiger partial charge is 0.324 e. The Bertz CT molecular complexity index is 325. The Balaban J connectivity index is 3.07. The topological polar surface area (TPSA) is 26.0 Å². The number of rotatable bonds is 3. The van der Waals surface area contributed by atoms with E-state index in [1.807, 2.05) is 0 Å². The summed E-state index contributed by atoms with van der Waals surface area (Å²) in [6.07, 6.45) is 1.87. The first-order chi connectivity index (χ1) is 6.56. The molecule has 0 unspecified atom stereocenters. The van der Waals surface area contributed by atoms with Crippen LogP contribution in [-0.4, -0.2) is 0 Å². The summed E-state index contributed by atoms with van der Waals surface area (Å²) >= 11 is 17.8. The Morgan fingerprint density at radius 2 is 1.93 bits per heavy atom. The van der Waals surface area contributed by atoms with E-state index in [9.17, 15) is 0 Å². The van der Waals surface area contributed by atoms with E-state index in [-0.39, 0.29) is 6.04 Å². The minimum absolute atomic E-state index is 0.0938. The number of nitrogens with two attached hydrogens (primary N) is 1. The molecular formula is C10H12Cl3N. The van der Waals surface area contributed by atoms with Gasteiger partial charge in [0.2, 0.25) is 0 Å². The van der Waals surface area contributed by atoms with Gasteiger partial charge in [-0.2, -0.15) is 0 Å². The van der Waals surface area contributed by atoms with Gasteiger partial charge in [-0.1, -0.05) is 48.1 Å². The molecule has 1 aromatic carbocycles. The Hall–Kier alpha value is 0.0500. The SMILES string of the molecule is CCC[C@@H](N)c1cc(Cl)cc(Cl)c1Cl. The maximum atomic E-state index is 6.03. The first-order valence-corrected chi connectivity index (χ1v) is 5.59. The maximum Gasteiger partial charge on any atom is 0.0641 e. The smallest absolute Gasteiger partial charge is 0.0641 e. The fourth-order valence-corrected chi connectivity index (χ4v) is 2.07. The van der Waals surface area contributed by atoms with E-state index in [0.29, 0.717) is 15.1 Å². The normalized spacial score (nSPS) is 12.9. The average Bonchev–Trinajstić information content (AvgIpc) is 2.11. The van der Waals surface area contributed by atoms with Crippen LogP contribution in [0.15, 0.2) is 12.1 Å². The summed E-state index contributed by atoms with van der Waals surface area (Å²) in [7, 11) is 0. The summed E-state index contributed by atoms with van der Waals surface area (Å²) in [6, 6.07) is 3.30. The lowest BCUT2D eigenvalue weighted by Gasteiger charge is -2.13. The molecule has 0 aliphatic heterocycles. The molecule has 1 aromatic rings. The van der Waals surface area contributed by atoms with Crippen LogP contribution < -0.4 is 5.73 Å². The third kappa shape index (κ3) is 2.77. The fourth-order valence-electron chi connectivity index (χ4n) is 1.31. The molecule has 1 atom stereocenters. The van der Waals surface area contributed by atoms with Crippen LogP contribution in [0.1, 0.15) is 31.4 Å². The van der Waals surface area contributed by atoms with Crippen molar-refractivity contribution >= 4 is 34.8 Å². The summed E-state index contributed by atoms with van der Waals surface area (Å²) in [6.45, 7) is 2.07. The zero-order valence-electron chi connectivity index (χ0n) is 7.86. The first-order valence-electron chi connectivity index (χ1n) is 4.46. The lowest BCUT2D eigenvalue weighted by Crippen LogP contribution is -2.10. The quantitative estimate of drug-likeness (QED) is 0.791. The summed E-state index contributed by atoms with van der Waals surface area (Å²) in [5, 5.41) is 1.54. The molecule has 0 aliphatic carbocycles. The van der Waals surface area contributed by atoms with Gasteiger partial charge in [0.05, 0.1) is 10.0 Å². The Morgan fingerprint density at radius 1 is 1.29 bits per heavy atom. The second kappa shape index (κ2) is 5.22. The third-order valence-corrected chi connectivity index (χ3v) is 3.06. The molecule has 0 saturated heterocycles. The molecule has 0 fully saturated rings. The minimum atomic E-state index is -0.0938. The van der Waals surface area contributed by atoms with Crippen LogP contribution in [0, 0.1) is 0 Å². The van der Waals surface area contributed by atoms with Crippen molar-refractivity contribution in [2.24, 2.45) is 5.73 Å². The fraction of sp³-hybridized carbons (Fsp3) is 0.400. The lowest BCUT2D eigenvalue weighted by molar-refractivity contribution is 0.639. The van der Waals surface area contributed by atoms with E-state index in [4.69, 9.17) is 40.5 Å². The van der Waals surface area contributed by atoms with Gasteiger partial charge in [-0.05, 0) is 24.1 Å². The molecule has 1 nitrogen and oxygen atoms in total. The highest BCUT2D eigenvalue weighted by molar-refractivity contribution is 6.43. The van der Waals surface area contributed by atoms with Crippen molar-refractivity contribution in [3.63, 3.8) is 0 Å². The van der Waals surface area contributed by atoms with Crippen molar-refractivity contribution in [1.82, 2.24) is 0 Å². The van der Waals surface area contributed by atoms with Gasteiger partial charge in [0.1, 0.15) is 0 Å². The Labute approximate surface area is 99.1 Å². The van der Waals surface area contributed by atoms with E-state index in [0.717, 1.165) is 18.4 Å². The summed E-state index contributed by atoms with van der Waals surface area (Å²) in [5.41, 5.74) is 6.77. The molecule has 2 N–H and O–H groups in total. The van der Waals surface area contributed by atoms with Crippen LogP contribution in [0.4, 0.5) is 0 Å². The van der Waals surface area contributed by atoms with E-state index in [1.165, 1.54) is 0 Å². The summed E-state index contributed by atoms with van der Waals surface area (Å²) < 4.78 is 0.